The van der Waals surface area contributed by atoms with Gasteiger partial charge in [0, 0.05) is 24.1 Å². The lowest BCUT2D eigenvalue weighted by molar-refractivity contribution is -0.143. The van der Waals surface area contributed by atoms with E-state index in [1.165, 1.54) is 0 Å². The topological polar surface area (TPSA) is 47.3 Å². The highest BCUT2D eigenvalue weighted by Gasteiger charge is 2.38. The van der Waals surface area contributed by atoms with Gasteiger partial charge in [0.2, 0.25) is 0 Å². The lowest BCUT2D eigenvalue weighted by atomic mass is 9.95. The van der Waals surface area contributed by atoms with Gasteiger partial charge in [0.15, 0.2) is 5.69 Å². The maximum Gasteiger partial charge on any atom is 0.435 e. The monoisotopic (exact) mass is 608 g/mol. The number of benzene rings is 3. The summed E-state index contributed by atoms with van der Waals surface area (Å²) >= 11 is 5.95. The lowest BCUT2D eigenvalue weighted by Gasteiger charge is -2.19. The van der Waals surface area contributed by atoms with Crippen LogP contribution in [-0.2, 0) is 32.0 Å². The molecule has 0 bridgehead atoms. The summed E-state index contributed by atoms with van der Waals surface area (Å²) in [7, 11) is 1.13. The van der Waals surface area contributed by atoms with Crippen molar-refractivity contribution >= 4 is 11.6 Å². The number of ether oxygens (including phenoxy) is 1. The largest absolute Gasteiger partial charge is 0.506 e. The first kappa shape index (κ1) is 30.1. The Morgan fingerprint density at radius 2 is 1.46 bits per heavy atom. The van der Waals surface area contributed by atoms with Crippen LogP contribution in [0.25, 0.3) is 22.4 Å². The molecule has 0 unspecified atom stereocenters. The highest BCUT2D eigenvalue weighted by atomic mass is 35.5. The molecule has 0 saturated heterocycles. The number of aromatic nitrogens is 2. The number of halogens is 10. The summed E-state index contributed by atoms with van der Waals surface area (Å²) in [4.78, 5) is 0. The molecule has 3 aromatic carbocycles. The number of rotatable bonds is 6. The first-order chi connectivity index (χ1) is 18.9. The van der Waals surface area contributed by atoms with Crippen LogP contribution in [-0.4, -0.2) is 21.5 Å². The predicted octanol–water partition coefficient (Wildman–Crippen LogP) is 8.79. The van der Waals surface area contributed by atoms with Crippen molar-refractivity contribution in [2.24, 2.45) is 7.05 Å². The van der Waals surface area contributed by atoms with E-state index < -0.39 is 52.2 Å². The molecule has 0 amide bonds. The molecule has 218 valence electrons. The molecule has 1 aromatic heterocycles. The number of hydrogen-bond acceptors (Lipinski definition) is 3. The zero-order valence-electron chi connectivity index (χ0n) is 20.7. The number of phenolic OH excluding ortho intramolecular Hbond substituents is 1. The number of phenols is 1. The van der Waals surface area contributed by atoms with Crippen molar-refractivity contribution in [1.29, 1.82) is 0 Å². The fourth-order valence-electron chi connectivity index (χ4n) is 4.11. The summed E-state index contributed by atoms with van der Waals surface area (Å²) in [6, 6.07) is 10.2. The number of aromatic hydroxyl groups is 1. The first-order valence-corrected chi connectivity index (χ1v) is 12.0. The van der Waals surface area contributed by atoms with Crippen molar-refractivity contribution in [2.45, 2.75) is 24.9 Å². The molecular formula is C27H18ClF9N2O2. The lowest BCUT2D eigenvalue weighted by Crippen LogP contribution is -2.11. The van der Waals surface area contributed by atoms with Gasteiger partial charge < -0.3 is 9.84 Å². The van der Waals surface area contributed by atoms with Crippen LogP contribution in [0, 0.1) is 0 Å². The van der Waals surface area contributed by atoms with Gasteiger partial charge in [-0.25, -0.2) is 0 Å². The normalized spacial score (nSPS) is 12.6. The van der Waals surface area contributed by atoms with Gasteiger partial charge in [0.1, 0.15) is 11.5 Å². The van der Waals surface area contributed by atoms with Crippen molar-refractivity contribution in [3.63, 3.8) is 0 Å². The van der Waals surface area contributed by atoms with Crippen LogP contribution in [0.4, 0.5) is 39.5 Å². The number of aryl methyl sites for hydroxylation is 1. The summed E-state index contributed by atoms with van der Waals surface area (Å²) in [5, 5.41) is 14.9. The molecule has 0 aliphatic heterocycles. The van der Waals surface area contributed by atoms with E-state index in [9.17, 15) is 44.6 Å². The van der Waals surface area contributed by atoms with Crippen LogP contribution in [0.5, 0.6) is 11.5 Å². The van der Waals surface area contributed by atoms with Crippen LogP contribution < -0.4 is 4.74 Å². The summed E-state index contributed by atoms with van der Waals surface area (Å²) in [6.07, 6.45) is -15.0. The molecule has 0 atom stereocenters. The molecule has 0 aliphatic rings. The van der Waals surface area contributed by atoms with Gasteiger partial charge in [-0.05, 0) is 59.7 Å². The molecule has 4 aromatic rings. The van der Waals surface area contributed by atoms with E-state index in [0.717, 1.165) is 23.9 Å². The molecule has 0 aliphatic carbocycles. The SMILES string of the molecule is Cn1nc(C(F)(F)F)cc1-c1ccc(OCCc2cccc(Cl)c2)c(-c2cc(C(F)(F)F)cc(C(F)(F)F)c2)c1O. The second-order valence-corrected chi connectivity index (χ2v) is 9.33. The predicted molar refractivity (Wildman–Crippen MR) is 131 cm³/mol. The second kappa shape index (κ2) is 10.8. The highest BCUT2D eigenvalue weighted by molar-refractivity contribution is 6.30. The van der Waals surface area contributed by atoms with E-state index in [2.05, 4.69) is 5.10 Å². The van der Waals surface area contributed by atoms with Gasteiger partial charge in [-0.2, -0.15) is 44.6 Å². The van der Waals surface area contributed by atoms with E-state index in [4.69, 9.17) is 16.3 Å². The van der Waals surface area contributed by atoms with E-state index in [0.29, 0.717) is 28.8 Å². The van der Waals surface area contributed by atoms with Gasteiger partial charge in [-0.15, -0.1) is 0 Å². The van der Waals surface area contributed by atoms with Crippen molar-refractivity contribution in [1.82, 2.24) is 9.78 Å². The maximum atomic E-state index is 13.6. The van der Waals surface area contributed by atoms with Crippen LogP contribution >= 0.6 is 11.6 Å². The van der Waals surface area contributed by atoms with Gasteiger partial charge >= 0.3 is 18.5 Å². The quantitative estimate of drug-likeness (QED) is 0.223. The van der Waals surface area contributed by atoms with E-state index in [-0.39, 0.29) is 36.1 Å². The second-order valence-electron chi connectivity index (χ2n) is 8.89. The van der Waals surface area contributed by atoms with Crippen LogP contribution in [0.1, 0.15) is 22.4 Å². The molecule has 0 spiro atoms. The molecule has 4 rings (SSSR count). The summed E-state index contributed by atoms with van der Waals surface area (Å²) < 4.78 is 128. The Balaban J connectivity index is 1.89. The smallest absolute Gasteiger partial charge is 0.435 e. The van der Waals surface area contributed by atoms with Crippen LogP contribution in [0.2, 0.25) is 5.02 Å². The minimum Gasteiger partial charge on any atom is -0.506 e. The van der Waals surface area contributed by atoms with Gasteiger partial charge in [-0.3, -0.25) is 4.68 Å². The van der Waals surface area contributed by atoms with Gasteiger partial charge in [0.25, 0.3) is 0 Å². The first-order valence-electron chi connectivity index (χ1n) is 11.6. The molecule has 0 radical (unpaired) electrons. The van der Waals surface area contributed by atoms with Gasteiger partial charge in [0.05, 0.1) is 29.0 Å². The third-order valence-electron chi connectivity index (χ3n) is 6.00. The third-order valence-corrected chi connectivity index (χ3v) is 6.23. The number of nitrogens with zero attached hydrogens (tertiary/aromatic N) is 2. The summed E-state index contributed by atoms with van der Waals surface area (Å²) in [5.41, 5.74) is -5.87. The zero-order valence-corrected chi connectivity index (χ0v) is 21.5. The van der Waals surface area contributed by atoms with E-state index in [1.807, 2.05) is 0 Å². The molecule has 0 fully saturated rings. The Morgan fingerprint density at radius 1 is 0.829 bits per heavy atom. The van der Waals surface area contributed by atoms with Crippen molar-refractivity contribution in [3.8, 4) is 33.9 Å². The summed E-state index contributed by atoms with van der Waals surface area (Å²) in [6.45, 7) is -0.138. The third kappa shape index (κ3) is 6.72. The number of alkyl halides is 9. The van der Waals surface area contributed by atoms with E-state index >= 15 is 0 Å². The minimum absolute atomic E-state index is 0.0825. The average molecular weight is 609 g/mol. The van der Waals surface area contributed by atoms with Crippen LogP contribution in [0.3, 0.4) is 0 Å². The standard InChI is InChI=1S/C27H18ClF9N2O2/c1-39-20(13-22(38-39)27(35,36)37)19-5-6-21(41-8-7-14-3-2-4-18(28)9-14)23(24(19)40)15-10-16(25(29,30)31)12-17(11-15)26(32,33)34/h2-6,9-13,40H,7-8H2,1H3. The highest BCUT2D eigenvalue weighted by Crippen LogP contribution is 2.47. The fourth-order valence-corrected chi connectivity index (χ4v) is 4.32. The molecule has 41 heavy (non-hydrogen) atoms. The minimum atomic E-state index is -5.19. The molecule has 0 saturated carbocycles. The Kier molecular flexibility index (Phi) is 7.96. The Bertz CT molecular complexity index is 1540. The average Bonchev–Trinajstić information content (AvgIpc) is 3.25. The Hall–Kier alpha value is -3.87. The van der Waals surface area contributed by atoms with E-state index in [1.54, 1.807) is 24.3 Å². The zero-order chi connectivity index (χ0) is 30.3. The molecule has 1 N–H and O–H groups in total. The van der Waals surface area contributed by atoms with Crippen molar-refractivity contribution in [2.75, 3.05) is 6.61 Å². The molecular weight excluding hydrogens is 591 g/mol. The molecule has 4 nitrogen and oxygen atoms in total. The van der Waals surface area contributed by atoms with Crippen LogP contribution in [0.15, 0.2) is 60.7 Å². The molecule has 14 heteroatoms. The molecule has 1 heterocycles. The van der Waals surface area contributed by atoms with Crippen molar-refractivity contribution < 1.29 is 49.4 Å². The number of hydrogen-bond donors (Lipinski definition) is 1. The maximum absolute atomic E-state index is 13.6. The summed E-state index contributed by atoms with van der Waals surface area (Å²) in [5.74, 6) is -1.21. The van der Waals surface area contributed by atoms with Gasteiger partial charge in [-0.1, -0.05) is 23.7 Å². The fraction of sp³-hybridized carbons (Fsp3) is 0.222. The van der Waals surface area contributed by atoms with Crippen molar-refractivity contribution in [3.05, 3.63) is 88.1 Å². The Labute approximate surface area is 231 Å². The Morgan fingerprint density at radius 3 is 2.00 bits per heavy atom.